The lowest BCUT2D eigenvalue weighted by Gasteiger charge is -2.42. The smallest absolute Gasteiger partial charge is 0.0746 e. The maximum Gasteiger partial charge on any atom is 0.0746 e. The summed E-state index contributed by atoms with van der Waals surface area (Å²) in [5.41, 5.74) is 5.21. The second-order valence-electron chi connectivity index (χ2n) is 4.43. The Hall–Kier alpha value is -0.120. The largest absolute Gasteiger partial charge is 0.389 e. The molecule has 0 aliphatic carbocycles. The summed E-state index contributed by atoms with van der Waals surface area (Å²) in [6.07, 6.45) is 1.95. The Morgan fingerprint density at radius 1 is 1.50 bits per heavy atom. The third-order valence-corrected chi connectivity index (χ3v) is 2.73. The Morgan fingerprint density at radius 2 is 2.08 bits per heavy atom. The molecule has 12 heavy (non-hydrogen) atoms. The van der Waals surface area contributed by atoms with Crippen molar-refractivity contribution in [3.05, 3.63) is 0 Å². The molecule has 1 aliphatic rings. The Kier molecular flexibility index (Phi) is 2.76. The monoisotopic (exact) mass is 172 g/mol. The van der Waals surface area contributed by atoms with Crippen LogP contribution in [0.2, 0.25) is 0 Å². The van der Waals surface area contributed by atoms with E-state index in [1.807, 2.05) is 13.8 Å². The van der Waals surface area contributed by atoms with E-state index in [0.29, 0.717) is 0 Å². The molecular weight excluding hydrogens is 152 g/mol. The molecule has 1 fully saturated rings. The van der Waals surface area contributed by atoms with E-state index >= 15 is 0 Å². The van der Waals surface area contributed by atoms with Crippen LogP contribution in [0.25, 0.3) is 0 Å². The maximum atomic E-state index is 9.83. The number of rotatable bonds is 1. The molecule has 0 radical (unpaired) electrons. The van der Waals surface area contributed by atoms with Gasteiger partial charge in [0, 0.05) is 12.1 Å². The number of likely N-dealkylation sites (N-methyl/N-ethyl adjacent to an activating group) is 1. The summed E-state index contributed by atoms with van der Waals surface area (Å²) in [4.78, 5) is 2.20. The summed E-state index contributed by atoms with van der Waals surface area (Å²) in [7, 11) is 2.05. The van der Waals surface area contributed by atoms with Crippen LogP contribution in [0.15, 0.2) is 0 Å². The van der Waals surface area contributed by atoms with Gasteiger partial charge in [-0.3, -0.25) is 0 Å². The van der Waals surface area contributed by atoms with Gasteiger partial charge in [0.25, 0.3) is 0 Å². The molecule has 0 aromatic carbocycles. The second-order valence-corrected chi connectivity index (χ2v) is 4.43. The van der Waals surface area contributed by atoms with Gasteiger partial charge in [-0.2, -0.15) is 0 Å². The first-order valence-electron chi connectivity index (χ1n) is 4.59. The molecule has 1 saturated heterocycles. The molecule has 3 heteroatoms. The van der Waals surface area contributed by atoms with Crippen molar-refractivity contribution in [1.82, 2.24) is 4.90 Å². The maximum absolute atomic E-state index is 9.83. The third kappa shape index (κ3) is 2.19. The zero-order valence-electron chi connectivity index (χ0n) is 8.25. The van der Waals surface area contributed by atoms with Crippen LogP contribution < -0.4 is 5.73 Å². The molecule has 1 rings (SSSR count). The van der Waals surface area contributed by atoms with Crippen LogP contribution >= 0.6 is 0 Å². The molecule has 0 bridgehead atoms. The molecule has 0 amide bonds. The van der Waals surface area contributed by atoms with Crippen molar-refractivity contribution in [3.63, 3.8) is 0 Å². The average Bonchev–Trinajstić information content (AvgIpc) is 1.92. The summed E-state index contributed by atoms with van der Waals surface area (Å²) in [5.74, 6) is 0. The summed E-state index contributed by atoms with van der Waals surface area (Å²) in [6.45, 7) is 4.70. The van der Waals surface area contributed by atoms with E-state index in [4.69, 9.17) is 5.73 Å². The lowest BCUT2D eigenvalue weighted by Crippen LogP contribution is -2.54. The van der Waals surface area contributed by atoms with Crippen LogP contribution in [0.1, 0.15) is 26.7 Å². The minimum atomic E-state index is -0.632. The number of likely N-dealkylation sites (tertiary alicyclic amines) is 1. The zero-order valence-corrected chi connectivity index (χ0v) is 8.25. The van der Waals surface area contributed by atoms with Crippen LogP contribution in [-0.2, 0) is 0 Å². The quantitative estimate of drug-likeness (QED) is 0.593. The first-order chi connectivity index (χ1) is 5.41. The van der Waals surface area contributed by atoms with E-state index in [-0.39, 0.29) is 12.1 Å². The number of aliphatic hydroxyl groups is 1. The molecule has 0 aromatic heterocycles. The van der Waals surface area contributed by atoms with Crippen molar-refractivity contribution in [3.8, 4) is 0 Å². The number of nitrogens with zero attached hydrogens (tertiary/aromatic N) is 1. The van der Waals surface area contributed by atoms with Gasteiger partial charge in [0.2, 0.25) is 0 Å². The fraction of sp³-hybridized carbons (Fsp3) is 1.00. The predicted octanol–water partition coefficient (Wildman–Crippen LogP) is 0.179. The molecule has 2 atom stereocenters. The van der Waals surface area contributed by atoms with Gasteiger partial charge in [0.05, 0.1) is 5.60 Å². The summed E-state index contributed by atoms with van der Waals surface area (Å²) < 4.78 is 0. The van der Waals surface area contributed by atoms with Gasteiger partial charge in [-0.1, -0.05) is 0 Å². The van der Waals surface area contributed by atoms with Gasteiger partial charge in [-0.15, -0.1) is 0 Å². The van der Waals surface area contributed by atoms with Crippen LogP contribution in [0.4, 0.5) is 0 Å². The van der Waals surface area contributed by atoms with Gasteiger partial charge >= 0.3 is 0 Å². The molecule has 1 heterocycles. The molecular formula is C9H20N2O. The molecule has 1 aliphatic heterocycles. The van der Waals surface area contributed by atoms with E-state index in [1.165, 1.54) is 0 Å². The highest BCUT2D eigenvalue weighted by Gasteiger charge is 2.34. The van der Waals surface area contributed by atoms with Gasteiger partial charge in [0.15, 0.2) is 0 Å². The molecule has 0 saturated carbocycles. The van der Waals surface area contributed by atoms with Crippen LogP contribution in [-0.4, -0.2) is 41.3 Å². The SMILES string of the molecule is CN1CCC(N)CC1C(C)(C)O. The van der Waals surface area contributed by atoms with Gasteiger partial charge < -0.3 is 15.7 Å². The van der Waals surface area contributed by atoms with Crippen molar-refractivity contribution in [2.45, 2.75) is 44.4 Å². The van der Waals surface area contributed by atoms with Crippen LogP contribution in [0.3, 0.4) is 0 Å². The number of piperidine rings is 1. The lowest BCUT2D eigenvalue weighted by molar-refractivity contribution is -0.0296. The summed E-state index contributed by atoms with van der Waals surface area (Å²) in [5, 5.41) is 9.83. The number of hydrogen-bond acceptors (Lipinski definition) is 3. The van der Waals surface area contributed by atoms with Crippen molar-refractivity contribution in [2.75, 3.05) is 13.6 Å². The molecule has 3 nitrogen and oxygen atoms in total. The van der Waals surface area contributed by atoms with Gasteiger partial charge in [-0.25, -0.2) is 0 Å². The average molecular weight is 172 g/mol. The van der Waals surface area contributed by atoms with Crippen LogP contribution in [0.5, 0.6) is 0 Å². The fourth-order valence-electron chi connectivity index (χ4n) is 1.94. The highest BCUT2D eigenvalue weighted by Crippen LogP contribution is 2.23. The Bertz CT molecular complexity index is 153. The van der Waals surface area contributed by atoms with Crippen molar-refractivity contribution >= 4 is 0 Å². The van der Waals surface area contributed by atoms with E-state index in [9.17, 15) is 5.11 Å². The van der Waals surface area contributed by atoms with E-state index in [0.717, 1.165) is 19.4 Å². The van der Waals surface area contributed by atoms with Crippen molar-refractivity contribution in [1.29, 1.82) is 0 Å². The molecule has 2 unspecified atom stereocenters. The Balaban J connectivity index is 2.61. The highest BCUT2D eigenvalue weighted by atomic mass is 16.3. The zero-order chi connectivity index (χ0) is 9.35. The number of hydrogen-bond donors (Lipinski definition) is 2. The van der Waals surface area contributed by atoms with Gasteiger partial charge in [-0.05, 0) is 40.3 Å². The summed E-state index contributed by atoms with van der Waals surface area (Å²) in [6, 6.07) is 0.471. The van der Waals surface area contributed by atoms with E-state index < -0.39 is 5.60 Å². The minimum absolute atomic E-state index is 0.209. The second kappa shape index (κ2) is 3.32. The van der Waals surface area contributed by atoms with E-state index in [1.54, 1.807) is 0 Å². The Labute approximate surface area is 74.5 Å². The van der Waals surface area contributed by atoms with Crippen LogP contribution in [0, 0.1) is 0 Å². The van der Waals surface area contributed by atoms with E-state index in [2.05, 4.69) is 11.9 Å². The topological polar surface area (TPSA) is 49.5 Å². The molecule has 0 spiro atoms. The lowest BCUT2D eigenvalue weighted by atomic mass is 9.87. The first kappa shape index (κ1) is 9.96. The molecule has 72 valence electrons. The normalized spacial score (nSPS) is 33.8. The summed E-state index contributed by atoms with van der Waals surface area (Å²) >= 11 is 0. The van der Waals surface area contributed by atoms with Crippen molar-refractivity contribution in [2.24, 2.45) is 5.73 Å². The Morgan fingerprint density at radius 3 is 2.50 bits per heavy atom. The molecule has 3 N–H and O–H groups in total. The van der Waals surface area contributed by atoms with Gasteiger partial charge in [0.1, 0.15) is 0 Å². The third-order valence-electron chi connectivity index (χ3n) is 2.73. The number of nitrogens with two attached hydrogens (primary N) is 1. The predicted molar refractivity (Wildman–Crippen MR) is 49.9 cm³/mol. The first-order valence-corrected chi connectivity index (χ1v) is 4.59. The highest BCUT2D eigenvalue weighted by molar-refractivity contribution is 4.91. The standard InChI is InChI=1S/C9H20N2O/c1-9(2,12)8-6-7(10)4-5-11(8)3/h7-8,12H,4-6,10H2,1-3H3. The fourth-order valence-corrected chi connectivity index (χ4v) is 1.94. The molecule has 0 aromatic rings. The van der Waals surface area contributed by atoms with Crippen molar-refractivity contribution < 1.29 is 5.11 Å². The minimum Gasteiger partial charge on any atom is -0.389 e.